The van der Waals surface area contributed by atoms with E-state index in [0.29, 0.717) is 28.1 Å². The van der Waals surface area contributed by atoms with Crippen LogP contribution >= 0.6 is 0 Å². The van der Waals surface area contributed by atoms with E-state index >= 15 is 0 Å². The van der Waals surface area contributed by atoms with Crippen LogP contribution in [0, 0.1) is 5.82 Å². The van der Waals surface area contributed by atoms with Gasteiger partial charge >= 0.3 is 0 Å². The van der Waals surface area contributed by atoms with Crippen LogP contribution in [-0.2, 0) is 14.4 Å². The first-order valence-electron chi connectivity index (χ1n) is 9.40. The Balaban J connectivity index is 1.73. The number of amides is 2. The second-order valence-electron chi connectivity index (χ2n) is 7.62. The quantitative estimate of drug-likeness (QED) is 0.615. The summed E-state index contributed by atoms with van der Waals surface area (Å²) in [5, 5.41) is 3.83. The van der Waals surface area contributed by atoms with Gasteiger partial charge in [-0.2, -0.15) is 0 Å². The summed E-state index contributed by atoms with van der Waals surface area (Å²) >= 11 is 0. The number of halogens is 1. The Hall–Kier alpha value is -3.45. The highest BCUT2D eigenvalue weighted by Crippen LogP contribution is 2.44. The summed E-state index contributed by atoms with van der Waals surface area (Å²) < 4.78 is 19.6. The zero-order chi connectivity index (χ0) is 21.6. The molecule has 0 spiro atoms. The van der Waals surface area contributed by atoms with Gasteiger partial charge in [0.2, 0.25) is 0 Å². The highest BCUT2D eigenvalue weighted by molar-refractivity contribution is 6.32. The Morgan fingerprint density at radius 3 is 2.53 bits per heavy atom. The van der Waals surface area contributed by atoms with Crippen molar-refractivity contribution in [3.8, 4) is 0 Å². The fraction of sp³-hybridized carbons (Fsp3) is 0.217. The third-order valence-corrected chi connectivity index (χ3v) is 5.26. The highest BCUT2D eigenvalue weighted by Gasteiger charge is 2.38. The van der Waals surface area contributed by atoms with Crippen LogP contribution in [0.25, 0.3) is 11.1 Å². The molecule has 4 rings (SSSR count). The molecule has 0 radical (unpaired) electrons. The lowest BCUT2D eigenvalue weighted by molar-refractivity contribution is -0.111. The van der Waals surface area contributed by atoms with Gasteiger partial charge in [-0.25, -0.2) is 9.45 Å². The number of anilines is 1. The van der Waals surface area contributed by atoms with E-state index in [1.807, 2.05) is 32.1 Å². The van der Waals surface area contributed by atoms with Crippen molar-refractivity contribution in [1.29, 1.82) is 0 Å². The number of rotatable bonds is 3. The number of benzene rings is 2. The number of hydrogen-bond acceptors (Lipinski definition) is 4. The number of nitrogens with one attached hydrogen (secondary N) is 1. The van der Waals surface area contributed by atoms with Crippen molar-refractivity contribution >= 4 is 28.6 Å². The van der Waals surface area contributed by atoms with Gasteiger partial charge in [0, 0.05) is 23.7 Å². The molecule has 1 N–H and O–H groups in total. The lowest BCUT2D eigenvalue weighted by atomic mass is 9.91. The van der Waals surface area contributed by atoms with Crippen LogP contribution in [0.2, 0.25) is 0 Å². The third-order valence-electron chi connectivity index (χ3n) is 5.26. The van der Waals surface area contributed by atoms with Gasteiger partial charge in [-0.05, 0) is 55.8 Å². The van der Waals surface area contributed by atoms with Crippen molar-refractivity contribution in [2.45, 2.75) is 19.4 Å². The molecule has 0 saturated carbocycles. The van der Waals surface area contributed by atoms with Gasteiger partial charge in [0.15, 0.2) is 0 Å². The van der Waals surface area contributed by atoms with Gasteiger partial charge in [0.05, 0.1) is 18.4 Å². The van der Waals surface area contributed by atoms with Crippen LogP contribution in [0.5, 0.6) is 0 Å². The molecule has 6 nitrogen and oxygen atoms in total. The number of carbonyl (C=O) groups excluding carboxylic acids is 2. The van der Waals surface area contributed by atoms with Gasteiger partial charge < -0.3 is 10.1 Å². The normalized spacial score (nSPS) is 19.1. The molecule has 2 heterocycles. The van der Waals surface area contributed by atoms with Crippen LogP contribution in [0.1, 0.15) is 35.3 Å². The topological polar surface area (TPSA) is 67.9 Å². The van der Waals surface area contributed by atoms with Crippen LogP contribution in [0.3, 0.4) is 0 Å². The molecular weight excluding hydrogens is 387 g/mol. The number of nitrogens with zero attached hydrogens (tertiary/aromatic N) is 1. The smallest absolute Gasteiger partial charge is 0.277 e. The molecule has 0 saturated heterocycles. The molecule has 7 heteroatoms. The summed E-state index contributed by atoms with van der Waals surface area (Å²) in [4.78, 5) is 29.7. The Bertz CT molecular complexity index is 1120. The van der Waals surface area contributed by atoms with Crippen molar-refractivity contribution < 1.29 is 23.6 Å². The average molecular weight is 408 g/mol. The fourth-order valence-electron chi connectivity index (χ4n) is 3.67. The zero-order valence-electron chi connectivity index (χ0n) is 17.1. The molecule has 2 aliphatic heterocycles. The molecule has 0 unspecified atom stereocenters. The molecule has 0 bridgehead atoms. The molecule has 2 aromatic carbocycles. The Morgan fingerprint density at radius 1 is 1.17 bits per heavy atom. The predicted molar refractivity (Wildman–Crippen MR) is 111 cm³/mol. The van der Waals surface area contributed by atoms with Crippen molar-refractivity contribution in [2.75, 3.05) is 19.5 Å². The predicted octanol–water partition coefficient (Wildman–Crippen LogP) is 4.01. The van der Waals surface area contributed by atoms with Gasteiger partial charge in [-0.1, -0.05) is 12.1 Å². The molecule has 2 aliphatic rings. The molecule has 2 amide bonds. The van der Waals surface area contributed by atoms with E-state index in [9.17, 15) is 14.0 Å². The number of hydroxylamine groups is 2. The third kappa shape index (κ3) is 3.27. The van der Waals surface area contributed by atoms with E-state index in [2.05, 4.69) is 5.32 Å². The largest absolute Gasteiger partial charge is 0.482 e. The van der Waals surface area contributed by atoms with Crippen molar-refractivity contribution in [2.24, 2.45) is 0 Å². The van der Waals surface area contributed by atoms with Crippen molar-refractivity contribution in [3.63, 3.8) is 0 Å². The summed E-state index contributed by atoms with van der Waals surface area (Å²) in [5.74, 6) is -0.577. The van der Waals surface area contributed by atoms with Crippen LogP contribution in [-0.4, -0.2) is 36.6 Å². The Morgan fingerprint density at radius 2 is 1.87 bits per heavy atom. The second-order valence-corrected chi connectivity index (χ2v) is 7.62. The van der Waals surface area contributed by atoms with E-state index in [1.54, 1.807) is 25.2 Å². The maximum Gasteiger partial charge on any atom is 0.277 e. The standard InChI is InChI=1S/C23H21FN2O4/c1-23(2)17(13-5-7-14(8-6-13)22(28)26(3)29-4)12-19(30-23)20-16-10-9-15(24)11-18(16)25-21(20)27/h5-12H,1-4H3,(H,25,27). The van der Waals surface area contributed by atoms with Gasteiger partial charge in [-0.3, -0.25) is 14.4 Å². The second kappa shape index (κ2) is 7.11. The number of ether oxygens (including phenoxy) is 1. The van der Waals surface area contributed by atoms with E-state index < -0.39 is 11.4 Å². The SMILES string of the molecule is CON(C)C(=O)c1ccc(C2=CC(=C3C(=O)Nc4cc(F)ccc43)OC2(C)C)cc1. The monoisotopic (exact) mass is 408 g/mol. The molecular formula is C23H21FN2O4. The first-order chi connectivity index (χ1) is 14.2. The highest BCUT2D eigenvalue weighted by atomic mass is 19.1. The fourth-order valence-corrected chi connectivity index (χ4v) is 3.67. The molecule has 30 heavy (non-hydrogen) atoms. The minimum absolute atomic E-state index is 0.255. The summed E-state index contributed by atoms with van der Waals surface area (Å²) in [5.41, 5.74) is 2.94. The number of hydrogen-bond donors (Lipinski definition) is 1. The van der Waals surface area contributed by atoms with Gasteiger partial charge in [0.1, 0.15) is 17.2 Å². The zero-order valence-corrected chi connectivity index (χ0v) is 17.1. The van der Waals surface area contributed by atoms with Crippen molar-refractivity contribution in [3.05, 3.63) is 76.8 Å². The maximum atomic E-state index is 13.5. The average Bonchev–Trinajstić information content (AvgIpc) is 3.20. The van der Waals surface area contributed by atoms with E-state index in [-0.39, 0.29) is 11.8 Å². The molecule has 2 aromatic rings. The lowest BCUT2D eigenvalue weighted by Gasteiger charge is -2.23. The molecule has 0 aliphatic carbocycles. The summed E-state index contributed by atoms with van der Waals surface area (Å²) in [6, 6.07) is 11.3. The van der Waals surface area contributed by atoms with Gasteiger partial charge in [-0.15, -0.1) is 0 Å². The summed E-state index contributed by atoms with van der Waals surface area (Å²) in [7, 11) is 2.97. The minimum atomic E-state index is -0.694. The number of fused-ring (bicyclic) bond motifs is 1. The number of allylic oxidation sites excluding steroid dienone is 1. The molecule has 0 atom stereocenters. The first-order valence-corrected chi connectivity index (χ1v) is 9.40. The first kappa shape index (κ1) is 19.8. The lowest BCUT2D eigenvalue weighted by Crippen LogP contribution is -2.25. The Labute approximate surface area is 173 Å². The van der Waals surface area contributed by atoms with E-state index in [0.717, 1.165) is 16.2 Å². The van der Waals surface area contributed by atoms with Crippen LogP contribution in [0.4, 0.5) is 10.1 Å². The maximum absolute atomic E-state index is 13.5. The van der Waals surface area contributed by atoms with E-state index in [1.165, 1.54) is 19.2 Å². The van der Waals surface area contributed by atoms with Crippen LogP contribution in [0.15, 0.2) is 54.3 Å². The van der Waals surface area contributed by atoms with Crippen molar-refractivity contribution in [1.82, 2.24) is 5.06 Å². The molecule has 0 aromatic heterocycles. The summed E-state index contributed by atoms with van der Waals surface area (Å²) in [6.07, 6.45) is 1.82. The minimum Gasteiger partial charge on any atom is -0.482 e. The van der Waals surface area contributed by atoms with Gasteiger partial charge in [0.25, 0.3) is 11.8 Å². The Kier molecular flexibility index (Phi) is 4.70. The van der Waals surface area contributed by atoms with E-state index in [4.69, 9.17) is 9.57 Å². The van der Waals surface area contributed by atoms with Crippen LogP contribution < -0.4 is 5.32 Å². The summed E-state index contributed by atoms with van der Waals surface area (Å²) in [6.45, 7) is 3.81. The molecule has 0 fully saturated rings. The molecule has 154 valence electrons. The number of carbonyl (C=O) groups is 2.